The number of carbonyl (C=O) groups is 1. The number of aromatic nitrogens is 3. The van der Waals surface area contributed by atoms with Gasteiger partial charge in [-0.3, -0.25) is 4.79 Å². The Balaban J connectivity index is 1.31. The van der Waals surface area contributed by atoms with Gasteiger partial charge in [0.25, 0.3) is 0 Å². The average molecular weight is 449 g/mol. The molecule has 0 saturated carbocycles. The van der Waals surface area contributed by atoms with E-state index in [1.54, 1.807) is 0 Å². The van der Waals surface area contributed by atoms with E-state index in [-0.39, 0.29) is 35.1 Å². The van der Waals surface area contributed by atoms with Crippen LogP contribution in [0.2, 0.25) is 0 Å². The topological polar surface area (TPSA) is 107 Å². The summed E-state index contributed by atoms with van der Waals surface area (Å²) in [6.45, 7) is 1.89. The Hall–Kier alpha value is -2.33. The van der Waals surface area contributed by atoms with E-state index in [1.807, 2.05) is 48.9 Å². The summed E-state index contributed by atoms with van der Waals surface area (Å²) in [6.07, 6.45) is 1.25. The Labute approximate surface area is 179 Å². The average Bonchev–Trinajstić information content (AvgIpc) is 3.38. The SMILES string of the molecule is C[C@@H](NC(=O)CSc1nnc(C[C@H]2CCS(=O)(=O)C2)n1C)c1cc2ccccc2o1. The number of amides is 1. The summed E-state index contributed by atoms with van der Waals surface area (Å²) in [4.78, 5) is 12.4. The van der Waals surface area contributed by atoms with Crippen LogP contribution in [-0.2, 0) is 28.1 Å². The molecule has 0 spiro atoms. The summed E-state index contributed by atoms with van der Waals surface area (Å²) in [5.41, 5.74) is 0.796. The predicted molar refractivity (Wildman–Crippen MR) is 115 cm³/mol. The highest BCUT2D eigenvalue weighted by Crippen LogP contribution is 2.25. The first-order valence-corrected chi connectivity index (χ1v) is 12.6. The molecule has 1 aliphatic heterocycles. The molecule has 3 aromatic rings. The van der Waals surface area contributed by atoms with E-state index in [4.69, 9.17) is 4.42 Å². The van der Waals surface area contributed by atoms with Gasteiger partial charge in [0.05, 0.1) is 23.3 Å². The number of rotatable bonds is 7. The van der Waals surface area contributed by atoms with E-state index in [2.05, 4.69) is 15.5 Å². The van der Waals surface area contributed by atoms with Crippen LogP contribution in [0.4, 0.5) is 0 Å². The van der Waals surface area contributed by atoms with E-state index in [1.165, 1.54) is 11.8 Å². The predicted octanol–water partition coefficient (Wildman–Crippen LogP) is 2.51. The maximum Gasteiger partial charge on any atom is 0.231 e. The molecule has 1 amide bonds. The first-order chi connectivity index (χ1) is 14.3. The van der Waals surface area contributed by atoms with Gasteiger partial charge in [-0.05, 0) is 31.4 Å². The normalized spacial score (nSPS) is 19.2. The fraction of sp³-hybridized carbons (Fsp3) is 0.450. The number of furan rings is 1. The standard InChI is InChI=1S/C20H24N4O4S2/c1-13(17-10-15-5-3-4-6-16(15)28-17)21-19(25)11-29-20-23-22-18(24(20)2)9-14-7-8-30(26,27)12-14/h3-6,10,13-14H,7-9,11-12H2,1-2H3,(H,21,25)/t13-,14-/m1/s1. The monoisotopic (exact) mass is 448 g/mol. The highest BCUT2D eigenvalue weighted by atomic mass is 32.2. The molecule has 30 heavy (non-hydrogen) atoms. The molecular formula is C20H24N4O4S2. The Morgan fingerprint density at radius 1 is 1.37 bits per heavy atom. The number of fused-ring (bicyclic) bond motifs is 1. The molecule has 0 bridgehead atoms. The maximum atomic E-state index is 12.4. The summed E-state index contributed by atoms with van der Waals surface area (Å²) >= 11 is 1.30. The Bertz CT molecular complexity index is 1140. The Kier molecular flexibility index (Phi) is 5.88. The van der Waals surface area contributed by atoms with Gasteiger partial charge in [-0.25, -0.2) is 8.42 Å². The second-order valence-electron chi connectivity index (χ2n) is 7.70. The molecule has 1 aliphatic rings. The van der Waals surface area contributed by atoms with Crippen molar-refractivity contribution in [1.82, 2.24) is 20.1 Å². The van der Waals surface area contributed by atoms with Crippen molar-refractivity contribution in [2.24, 2.45) is 13.0 Å². The fourth-order valence-corrected chi connectivity index (χ4v) is 6.24. The molecule has 1 saturated heterocycles. The van der Waals surface area contributed by atoms with Crippen molar-refractivity contribution in [2.45, 2.75) is 31.0 Å². The zero-order valence-corrected chi connectivity index (χ0v) is 18.5. The summed E-state index contributed by atoms with van der Waals surface area (Å²) in [6, 6.07) is 9.42. The number of carbonyl (C=O) groups excluding carboxylic acids is 1. The second kappa shape index (κ2) is 8.43. The van der Waals surface area contributed by atoms with Crippen molar-refractivity contribution in [3.8, 4) is 0 Å². The lowest BCUT2D eigenvalue weighted by atomic mass is 10.1. The van der Waals surface area contributed by atoms with Crippen LogP contribution in [0.25, 0.3) is 11.0 Å². The van der Waals surface area contributed by atoms with Gasteiger partial charge in [0, 0.05) is 18.9 Å². The third-order valence-corrected chi connectivity index (χ3v) is 8.16. The van der Waals surface area contributed by atoms with E-state index in [0.717, 1.165) is 16.8 Å². The Morgan fingerprint density at radius 3 is 2.90 bits per heavy atom. The Morgan fingerprint density at radius 2 is 2.17 bits per heavy atom. The van der Waals surface area contributed by atoms with Crippen molar-refractivity contribution in [3.63, 3.8) is 0 Å². The largest absolute Gasteiger partial charge is 0.459 e. The quantitative estimate of drug-likeness (QED) is 0.553. The van der Waals surface area contributed by atoms with Crippen LogP contribution in [-0.4, -0.2) is 46.3 Å². The molecule has 1 N–H and O–H groups in total. The van der Waals surface area contributed by atoms with Gasteiger partial charge in [-0.2, -0.15) is 0 Å². The van der Waals surface area contributed by atoms with Crippen LogP contribution in [0.3, 0.4) is 0 Å². The summed E-state index contributed by atoms with van der Waals surface area (Å²) in [5, 5.41) is 12.9. The van der Waals surface area contributed by atoms with E-state index >= 15 is 0 Å². The van der Waals surface area contributed by atoms with Gasteiger partial charge in [0.2, 0.25) is 5.91 Å². The summed E-state index contributed by atoms with van der Waals surface area (Å²) in [7, 11) is -1.07. The van der Waals surface area contributed by atoms with Gasteiger partial charge in [-0.1, -0.05) is 30.0 Å². The highest BCUT2D eigenvalue weighted by molar-refractivity contribution is 7.99. The van der Waals surface area contributed by atoms with E-state index < -0.39 is 9.84 Å². The molecule has 8 nitrogen and oxygen atoms in total. The van der Waals surface area contributed by atoms with Crippen LogP contribution in [0.1, 0.15) is 31.0 Å². The molecule has 0 radical (unpaired) electrons. The zero-order chi connectivity index (χ0) is 21.3. The number of benzene rings is 1. The van der Waals surface area contributed by atoms with Crippen LogP contribution in [0.5, 0.6) is 0 Å². The number of para-hydroxylation sites is 1. The minimum Gasteiger partial charge on any atom is -0.459 e. The molecular weight excluding hydrogens is 424 g/mol. The van der Waals surface area contributed by atoms with Crippen LogP contribution in [0.15, 0.2) is 39.9 Å². The number of hydrogen-bond acceptors (Lipinski definition) is 7. The van der Waals surface area contributed by atoms with Gasteiger partial charge in [-0.15, -0.1) is 10.2 Å². The summed E-state index contributed by atoms with van der Waals surface area (Å²) in [5.74, 6) is 2.08. The smallest absolute Gasteiger partial charge is 0.231 e. The second-order valence-corrected chi connectivity index (χ2v) is 10.9. The molecule has 1 fully saturated rings. The van der Waals surface area contributed by atoms with Crippen molar-refractivity contribution >= 4 is 38.5 Å². The van der Waals surface area contributed by atoms with Crippen LogP contribution in [0, 0.1) is 5.92 Å². The number of hydrogen-bond donors (Lipinski definition) is 1. The molecule has 0 aliphatic carbocycles. The third-order valence-electron chi connectivity index (χ3n) is 5.30. The maximum absolute atomic E-state index is 12.4. The van der Waals surface area contributed by atoms with Crippen molar-refractivity contribution in [2.75, 3.05) is 17.3 Å². The van der Waals surface area contributed by atoms with Crippen molar-refractivity contribution in [3.05, 3.63) is 41.9 Å². The molecule has 2 atom stereocenters. The molecule has 1 aromatic carbocycles. The number of nitrogens with one attached hydrogen (secondary N) is 1. The molecule has 4 rings (SSSR count). The minimum absolute atomic E-state index is 0.0868. The zero-order valence-electron chi connectivity index (χ0n) is 16.9. The summed E-state index contributed by atoms with van der Waals surface area (Å²) < 4.78 is 30.9. The molecule has 2 aromatic heterocycles. The first-order valence-electron chi connectivity index (χ1n) is 9.80. The molecule has 3 heterocycles. The number of sulfone groups is 1. The van der Waals surface area contributed by atoms with E-state index in [9.17, 15) is 13.2 Å². The fourth-order valence-electron chi connectivity index (χ4n) is 3.64. The number of nitrogens with zero attached hydrogens (tertiary/aromatic N) is 3. The molecule has 160 valence electrons. The lowest BCUT2D eigenvalue weighted by Gasteiger charge is -2.11. The third kappa shape index (κ3) is 4.70. The minimum atomic E-state index is -2.91. The highest BCUT2D eigenvalue weighted by Gasteiger charge is 2.29. The van der Waals surface area contributed by atoms with Gasteiger partial charge >= 0.3 is 0 Å². The van der Waals surface area contributed by atoms with Gasteiger partial charge < -0.3 is 14.3 Å². The van der Waals surface area contributed by atoms with E-state index in [0.29, 0.717) is 23.8 Å². The van der Waals surface area contributed by atoms with Gasteiger partial charge in [0.1, 0.15) is 17.2 Å². The van der Waals surface area contributed by atoms with Crippen molar-refractivity contribution in [1.29, 1.82) is 0 Å². The van der Waals surface area contributed by atoms with Crippen LogP contribution < -0.4 is 5.32 Å². The lowest BCUT2D eigenvalue weighted by Crippen LogP contribution is -2.28. The van der Waals surface area contributed by atoms with Gasteiger partial charge in [0.15, 0.2) is 15.0 Å². The molecule has 10 heteroatoms. The van der Waals surface area contributed by atoms with Crippen molar-refractivity contribution < 1.29 is 17.6 Å². The molecule has 0 unspecified atom stereocenters. The lowest BCUT2D eigenvalue weighted by molar-refractivity contribution is -0.119. The number of thioether (sulfide) groups is 1. The first kappa shape index (κ1) is 20.9. The van der Waals surface area contributed by atoms with Crippen LogP contribution >= 0.6 is 11.8 Å².